The summed E-state index contributed by atoms with van der Waals surface area (Å²) in [5.74, 6) is 0.0580. The fourth-order valence-corrected chi connectivity index (χ4v) is 2.72. The minimum Gasteiger partial charge on any atom is -0.396 e. The lowest BCUT2D eigenvalue weighted by molar-refractivity contribution is -0.117. The van der Waals surface area contributed by atoms with Crippen molar-refractivity contribution in [1.29, 1.82) is 0 Å². The van der Waals surface area contributed by atoms with Gasteiger partial charge in [-0.2, -0.15) is 0 Å². The highest BCUT2D eigenvalue weighted by molar-refractivity contribution is 5.92. The molecule has 1 fully saturated rings. The fraction of sp³-hybridized carbons (Fsp3) is 0.588. The lowest BCUT2D eigenvalue weighted by atomic mass is 10.2. The zero-order valence-electron chi connectivity index (χ0n) is 13.2. The van der Waals surface area contributed by atoms with Crippen molar-refractivity contribution in [2.24, 2.45) is 0 Å². The Hall–Kier alpha value is -1.43. The number of benzene rings is 1. The van der Waals surface area contributed by atoms with Crippen LogP contribution in [0.5, 0.6) is 0 Å². The molecule has 0 atom stereocenters. The van der Waals surface area contributed by atoms with E-state index in [0.29, 0.717) is 13.2 Å². The van der Waals surface area contributed by atoms with Crippen LogP contribution in [0.2, 0.25) is 0 Å². The second-order valence-electron chi connectivity index (χ2n) is 5.82. The molecular weight excluding hydrogens is 278 g/mol. The van der Waals surface area contributed by atoms with E-state index in [1.54, 1.807) is 0 Å². The third kappa shape index (κ3) is 6.13. The van der Waals surface area contributed by atoms with Gasteiger partial charge < -0.3 is 15.3 Å². The second kappa shape index (κ2) is 9.56. The van der Waals surface area contributed by atoms with Crippen molar-refractivity contribution in [2.75, 3.05) is 51.2 Å². The molecule has 1 amide bonds. The zero-order chi connectivity index (χ0) is 15.6. The number of aliphatic hydroxyl groups excluding tert-OH is 1. The molecule has 1 aliphatic heterocycles. The number of hydrogen-bond donors (Lipinski definition) is 2. The summed E-state index contributed by atoms with van der Waals surface area (Å²) < 4.78 is 0. The van der Waals surface area contributed by atoms with E-state index in [4.69, 9.17) is 5.11 Å². The fourth-order valence-electron chi connectivity index (χ4n) is 2.72. The van der Waals surface area contributed by atoms with Gasteiger partial charge in [0.2, 0.25) is 5.91 Å². The number of rotatable bonds is 8. The first-order chi connectivity index (χ1) is 10.8. The van der Waals surface area contributed by atoms with Gasteiger partial charge in [-0.15, -0.1) is 0 Å². The van der Waals surface area contributed by atoms with E-state index in [-0.39, 0.29) is 5.91 Å². The Morgan fingerprint density at radius 1 is 1.00 bits per heavy atom. The highest BCUT2D eigenvalue weighted by Gasteiger charge is 2.18. The van der Waals surface area contributed by atoms with Crippen LogP contribution >= 0.6 is 0 Å². The van der Waals surface area contributed by atoms with Gasteiger partial charge in [0.1, 0.15) is 0 Å². The minimum atomic E-state index is 0.0580. The third-order valence-corrected chi connectivity index (χ3v) is 4.02. The Kier molecular flexibility index (Phi) is 7.36. The molecule has 0 aromatic heterocycles. The van der Waals surface area contributed by atoms with Gasteiger partial charge in [0.25, 0.3) is 0 Å². The average Bonchev–Trinajstić information content (AvgIpc) is 2.54. The summed E-state index contributed by atoms with van der Waals surface area (Å²) in [5, 5.41) is 11.7. The number of aliphatic hydroxyl groups is 1. The Bertz CT molecular complexity index is 431. The number of anilines is 1. The van der Waals surface area contributed by atoms with Crippen LogP contribution in [-0.4, -0.2) is 66.7 Å². The topological polar surface area (TPSA) is 55.8 Å². The van der Waals surface area contributed by atoms with Crippen molar-refractivity contribution in [1.82, 2.24) is 9.80 Å². The summed E-state index contributed by atoms with van der Waals surface area (Å²) in [6, 6.07) is 9.59. The molecule has 0 spiro atoms. The molecule has 122 valence electrons. The third-order valence-electron chi connectivity index (χ3n) is 4.02. The maximum atomic E-state index is 12.0. The van der Waals surface area contributed by atoms with Gasteiger partial charge in [-0.1, -0.05) is 18.2 Å². The van der Waals surface area contributed by atoms with E-state index in [1.807, 2.05) is 30.3 Å². The molecule has 2 rings (SSSR count). The van der Waals surface area contributed by atoms with Crippen LogP contribution in [0.1, 0.15) is 19.3 Å². The molecule has 1 saturated heterocycles. The van der Waals surface area contributed by atoms with Crippen LogP contribution < -0.4 is 5.32 Å². The lowest BCUT2D eigenvalue weighted by Crippen LogP contribution is -2.48. The Balaban J connectivity index is 1.61. The summed E-state index contributed by atoms with van der Waals surface area (Å²) in [5.41, 5.74) is 0.856. The van der Waals surface area contributed by atoms with Gasteiger partial charge in [0, 0.05) is 38.5 Å². The van der Waals surface area contributed by atoms with Crippen molar-refractivity contribution >= 4 is 11.6 Å². The van der Waals surface area contributed by atoms with E-state index >= 15 is 0 Å². The van der Waals surface area contributed by atoms with Crippen molar-refractivity contribution < 1.29 is 9.90 Å². The van der Waals surface area contributed by atoms with Gasteiger partial charge in [-0.3, -0.25) is 9.69 Å². The maximum Gasteiger partial charge on any atom is 0.238 e. The van der Waals surface area contributed by atoms with Gasteiger partial charge in [-0.05, 0) is 37.9 Å². The molecule has 0 bridgehead atoms. The molecule has 0 unspecified atom stereocenters. The quantitative estimate of drug-likeness (QED) is 0.713. The predicted octanol–water partition coefficient (Wildman–Crippen LogP) is 1.41. The first-order valence-electron chi connectivity index (χ1n) is 8.18. The monoisotopic (exact) mass is 305 g/mol. The van der Waals surface area contributed by atoms with Gasteiger partial charge in [0.05, 0.1) is 6.54 Å². The molecule has 1 heterocycles. The summed E-state index contributed by atoms with van der Waals surface area (Å²) in [4.78, 5) is 16.7. The van der Waals surface area contributed by atoms with Crippen molar-refractivity contribution in [3.63, 3.8) is 0 Å². The number of carbonyl (C=O) groups is 1. The number of carbonyl (C=O) groups excluding carboxylic acids is 1. The average molecular weight is 305 g/mol. The maximum absolute atomic E-state index is 12.0. The largest absolute Gasteiger partial charge is 0.396 e. The Morgan fingerprint density at radius 2 is 1.68 bits per heavy atom. The zero-order valence-corrected chi connectivity index (χ0v) is 13.2. The summed E-state index contributed by atoms with van der Waals surface area (Å²) >= 11 is 0. The molecule has 5 heteroatoms. The molecule has 22 heavy (non-hydrogen) atoms. The molecule has 1 aliphatic rings. The predicted molar refractivity (Wildman–Crippen MR) is 88.9 cm³/mol. The number of nitrogens with zero attached hydrogens (tertiary/aromatic N) is 2. The summed E-state index contributed by atoms with van der Waals surface area (Å²) in [6.07, 6.45) is 3.14. The molecule has 0 aliphatic carbocycles. The van der Waals surface area contributed by atoms with E-state index in [1.165, 1.54) is 0 Å². The first-order valence-corrected chi connectivity index (χ1v) is 8.18. The van der Waals surface area contributed by atoms with E-state index in [0.717, 1.165) is 57.7 Å². The number of hydrogen-bond acceptors (Lipinski definition) is 4. The highest BCUT2D eigenvalue weighted by atomic mass is 16.2. The molecule has 2 N–H and O–H groups in total. The standard InChI is InChI=1S/C17H27N3O2/c21-14-6-2-5-9-19-10-12-20(13-11-19)15-17(22)18-16-7-3-1-4-8-16/h1,3-4,7-8,21H,2,5-6,9-15H2,(H,18,22). The molecule has 5 nitrogen and oxygen atoms in total. The minimum absolute atomic E-state index is 0.0580. The van der Waals surface area contributed by atoms with Gasteiger partial charge >= 0.3 is 0 Å². The van der Waals surface area contributed by atoms with Crippen LogP contribution in [0, 0.1) is 0 Å². The van der Waals surface area contributed by atoms with Crippen LogP contribution in [0.25, 0.3) is 0 Å². The number of unbranched alkanes of at least 4 members (excludes halogenated alkanes) is 2. The van der Waals surface area contributed by atoms with Crippen LogP contribution in [0.15, 0.2) is 30.3 Å². The molecule has 1 aromatic rings. The Labute approximate surface area is 132 Å². The second-order valence-corrected chi connectivity index (χ2v) is 5.82. The SMILES string of the molecule is O=C(CN1CCN(CCCCCO)CC1)Nc1ccccc1. The van der Waals surface area contributed by atoms with Crippen molar-refractivity contribution in [3.8, 4) is 0 Å². The molecule has 0 saturated carbocycles. The van der Waals surface area contributed by atoms with E-state index < -0.39 is 0 Å². The number of amides is 1. The smallest absolute Gasteiger partial charge is 0.238 e. The normalized spacial score (nSPS) is 16.6. The molecule has 0 radical (unpaired) electrons. The lowest BCUT2D eigenvalue weighted by Gasteiger charge is -2.34. The van der Waals surface area contributed by atoms with Crippen molar-refractivity contribution in [2.45, 2.75) is 19.3 Å². The number of para-hydroxylation sites is 1. The number of piperazine rings is 1. The first kappa shape index (κ1) is 16.9. The van der Waals surface area contributed by atoms with Gasteiger partial charge in [0.15, 0.2) is 0 Å². The number of nitrogens with one attached hydrogen (secondary N) is 1. The summed E-state index contributed by atoms with van der Waals surface area (Å²) in [6.45, 7) is 5.81. The van der Waals surface area contributed by atoms with E-state index in [9.17, 15) is 4.79 Å². The van der Waals surface area contributed by atoms with Crippen LogP contribution in [-0.2, 0) is 4.79 Å². The van der Waals surface area contributed by atoms with Crippen LogP contribution in [0.3, 0.4) is 0 Å². The molecule has 1 aromatic carbocycles. The molecular formula is C17H27N3O2. The Morgan fingerprint density at radius 3 is 2.36 bits per heavy atom. The van der Waals surface area contributed by atoms with Crippen LogP contribution in [0.4, 0.5) is 5.69 Å². The van der Waals surface area contributed by atoms with Crippen molar-refractivity contribution in [3.05, 3.63) is 30.3 Å². The van der Waals surface area contributed by atoms with Gasteiger partial charge in [-0.25, -0.2) is 0 Å². The summed E-state index contributed by atoms with van der Waals surface area (Å²) in [7, 11) is 0. The van der Waals surface area contributed by atoms with E-state index in [2.05, 4.69) is 15.1 Å². The highest BCUT2D eigenvalue weighted by Crippen LogP contribution is 2.07.